The van der Waals surface area contributed by atoms with E-state index in [2.05, 4.69) is 10.1 Å². The van der Waals surface area contributed by atoms with Gasteiger partial charge in [0.25, 0.3) is 5.91 Å². The highest BCUT2D eigenvalue weighted by Gasteiger charge is 2.38. The largest absolute Gasteiger partial charge is 0.509 e. The Labute approximate surface area is 88.1 Å². The lowest BCUT2D eigenvalue weighted by Gasteiger charge is -2.14. The minimum absolute atomic E-state index is 0.0286. The molecular formula is C10H15NO4. The van der Waals surface area contributed by atoms with E-state index in [0.717, 1.165) is 0 Å². The van der Waals surface area contributed by atoms with Gasteiger partial charge in [-0.1, -0.05) is 13.8 Å². The van der Waals surface area contributed by atoms with Crippen molar-refractivity contribution in [3.8, 4) is 0 Å². The van der Waals surface area contributed by atoms with Crippen LogP contribution >= 0.6 is 0 Å². The van der Waals surface area contributed by atoms with E-state index in [4.69, 9.17) is 0 Å². The van der Waals surface area contributed by atoms with E-state index in [9.17, 15) is 14.7 Å². The number of amides is 1. The normalized spacial score (nSPS) is 20.8. The molecule has 0 spiro atoms. The predicted molar refractivity (Wildman–Crippen MR) is 53.1 cm³/mol. The van der Waals surface area contributed by atoms with Crippen LogP contribution < -0.4 is 5.32 Å². The third-order valence-corrected chi connectivity index (χ3v) is 2.21. The minimum atomic E-state index is -0.768. The van der Waals surface area contributed by atoms with E-state index >= 15 is 0 Å². The number of carbonyl (C=O) groups is 2. The van der Waals surface area contributed by atoms with Crippen LogP contribution in [0.1, 0.15) is 20.8 Å². The molecular weight excluding hydrogens is 198 g/mol. The van der Waals surface area contributed by atoms with Gasteiger partial charge in [-0.25, -0.2) is 4.79 Å². The second kappa shape index (κ2) is 4.33. The Morgan fingerprint density at radius 2 is 2.20 bits per heavy atom. The highest BCUT2D eigenvalue weighted by atomic mass is 16.5. The van der Waals surface area contributed by atoms with Crippen LogP contribution in [0.4, 0.5) is 0 Å². The number of rotatable bonds is 3. The first-order chi connectivity index (χ1) is 6.99. The maximum Gasteiger partial charge on any atom is 0.347 e. The molecule has 1 amide bonds. The lowest BCUT2D eigenvalue weighted by molar-refractivity contribution is -0.140. The number of carbonyl (C=O) groups excluding carboxylic acids is 2. The molecule has 1 unspecified atom stereocenters. The number of aliphatic hydroxyl groups is 1. The third kappa shape index (κ3) is 2.11. The zero-order chi connectivity index (χ0) is 11.6. The fourth-order valence-electron chi connectivity index (χ4n) is 1.44. The summed E-state index contributed by atoms with van der Waals surface area (Å²) in [4.78, 5) is 22.7. The average Bonchev–Trinajstić information content (AvgIpc) is 2.42. The molecule has 0 aliphatic carbocycles. The summed E-state index contributed by atoms with van der Waals surface area (Å²) in [6, 6.07) is -0.489. The topological polar surface area (TPSA) is 75.6 Å². The van der Waals surface area contributed by atoms with Gasteiger partial charge >= 0.3 is 5.97 Å². The van der Waals surface area contributed by atoms with Gasteiger partial charge in [0.15, 0.2) is 5.57 Å². The standard InChI is InChI=1S/C10H15NO4/c1-4-15-10(14)6-8(12)7(5(2)3)11-9(6)13/h5,7,12H,4H2,1-3H3,(H,11,13). The lowest BCUT2D eigenvalue weighted by Crippen LogP contribution is -2.33. The highest BCUT2D eigenvalue weighted by Crippen LogP contribution is 2.21. The molecule has 1 atom stereocenters. The molecule has 0 aromatic rings. The van der Waals surface area contributed by atoms with Crippen LogP contribution in [-0.2, 0) is 14.3 Å². The number of aliphatic hydroxyl groups excluding tert-OH is 1. The maximum absolute atomic E-state index is 11.4. The second-order valence-corrected chi connectivity index (χ2v) is 3.68. The Kier molecular flexibility index (Phi) is 3.34. The van der Waals surface area contributed by atoms with E-state index in [1.54, 1.807) is 6.92 Å². The molecule has 0 saturated heterocycles. The van der Waals surface area contributed by atoms with Crippen LogP contribution in [0.5, 0.6) is 0 Å². The second-order valence-electron chi connectivity index (χ2n) is 3.68. The fourth-order valence-corrected chi connectivity index (χ4v) is 1.44. The summed E-state index contributed by atoms with van der Waals surface area (Å²) in [5.41, 5.74) is -0.268. The van der Waals surface area contributed by atoms with E-state index in [-0.39, 0.29) is 23.9 Å². The number of esters is 1. The fraction of sp³-hybridized carbons (Fsp3) is 0.600. The van der Waals surface area contributed by atoms with Gasteiger partial charge in [-0.2, -0.15) is 0 Å². The average molecular weight is 213 g/mol. The van der Waals surface area contributed by atoms with Gasteiger partial charge in [0.1, 0.15) is 5.76 Å². The van der Waals surface area contributed by atoms with Gasteiger partial charge in [-0.15, -0.1) is 0 Å². The Hall–Kier alpha value is -1.52. The first kappa shape index (κ1) is 11.6. The zero-order valence-corrected chi connectivity index (χ0v) is 9.03. The molecule has 1 rings (SSSR count). The molecule has 1 aliphatic heterocycles. The van der Waals surface area contributed by atoms with E-state index in [1.165, 1.54) is 0 Å². The van der Waals surface area contributed by atoms with Crippen LogP contribution in [0.25, 0.3) is 0 Å². The van der Waals surface area contributed by atoms with Crippen molar-refractivity contribution in [2.75, 3.05) is 6.61 Å². The van der Waals surface area contributed by atoms with E-state index < -0.39 is 17.9 Å². The Morgan fingerprint density at radius 1 is 1.60 bits per heavy atom. The first-order valence-electron chi connectivity index (χ1n) is 4.90. The van der Waals surface area contributed by atoms with Crippen molar-refractivity contribution >= 4 is 11.9 Å². The van der Waals surface area contributed by atoms with Gasteiger partial charge < -0.3 is 15.2 Å². The zero-order valence-electron chi connectivity index (χ0n) is 9.03. The van der Waals surface area contributed by atoms with Crippen molar-refractivity contribution in [3.05, 3.63) is 11.3 Å². The summed E-state index contributed by atoms with van der Waals surface area (Å²) in [6.07, 6.45) is 0. The van der Waals surface area contributed by atoms with Crippen molar-refractivity contribution < 1.29 is 19.4 Å². The van der Waals surface area contributed by atoms with E-state index in [1.807, 2.05) is 13.8 Å². The van der Waals surface area contributed by atoms with Gasteiger partial charge in [-0.3, -0.25) is 4.79 Å². The molecule has 1 aliphatic rings. The number of ether oxygens (including phenoxy) is 1. The molecule has 0 fully saturated rings. The van der Waals surface area contributed by atoms with Crippen LogP contribution in [0.3, 0.4) is 0 Å². The van der Waals surface area contributed by atoms with E-state index in [0.29, 0.717) is 0 Å². The van der Waals surface area contributed by atoms with Crippen molar-refractivity contribution in [2.24, 2.45) is 5.92 Å². The van der Waals surface area contributed by atoms with Gasteiger partial charge in [0, 0.05) is 0 Å². The molecule has 2 N–H and O–H groups in total. The Balaban J connectivity index is 2.94. The van der Waals surface area contributed by atoms with Crippen LogP contribution in [0.15, 0.2) is 11.3 Å². The third-order valence-electron chi connectivity index (χ3n) is 2.21. The van der Waals surface area contributed by atoms with Crippen LogP contribution in [-0.4, -0.2) is 29.6 Å². The first-order valence-corrected chi connectivity index (χ1v) is 4.90. The minimum Gasteiger partial charge on any atom is -0.509 e. The van der Waals surface area contributed by atoms with Crippen molar-refractivity contribution in [1.29, 1.82) is 0 Å². The maximum atomic E-state index is 11.4. The predicted octanol–water partition coefficient (Wildman–Crippen LogP) is 0.516. The monoisotopic (exact) mass is 213 g/mol. The van der Waals surface area contributed by atoms with Gasteiger partial charge in [0.05, 0.1) is 12.6 Å². The Bertz CT molecular complexity index is 319. The SMILES string of the molecule is CCOC(=O)C1=C(O)C(C(C)C)NC1=O. The molecule has 0 aromatic carbocycles. The summed E-state index contributed by atoms with van der Waals surface area (Å²) in [5, 5.41) is 12.2. The van der Waals surface area contributed by atoms with Crippen molar-refractivity contribution in [1.82, 2.24) is 5.32 Å². The lowest BCUT2D eigenvalue weighted by atomic mass is 10.0. The smallest absolute Gasteiger partial charge is 0.347 e. The Morgan fingerprint density at radius 3 is 2.60 bits per heavy atom. The number of hydrogen-bond donors (Lipinski definition) is 2. The molecule has 1 heterocycles. The molecule has 0 saturated carbocycles. The summed E-state index contributed by atoms with van der Waals surface area (Å²) in [6.45, 7) is 5.50. The molecule has 84 valence electrons. The van der Waals surface area contributed by atoms with Crippen LogP contribution in [0.2, 0.25) is 0 Å². The molecule has 5 nitrogen and oxygen atoms in total. The molecule has 0 aromatic heterocycles. The van der Waals surface area contributed by atoms with Gasteiger partial charge in [0.2, 0.25) is 0 Å². The molecule has 0 radical (unpaired) electrons. The quantitative estimate of drug-likeness (QED) is 0.529. The van der Waals surface area contributed by atoms with Crippen molar-refractivity contribution in [3.63, 3.8) is 0 Å². The highest BCUT2D eigenvalue weighted by molar-refractivity contribution is 6.18. The summed E-state index contributed by atoms with van der Waals surface area (Å²) in [7, 11) is 0. The molecule has 5 heteroatoms. The molecule has 15 heavy (non-hydrogen) atoms. The molecule has 0 bridgehead atoms. The van der Waals surface area contributed by atoms with Gasteiger partial charge in [-0.05, 0) is 12.8 Å². The summed E-state index contributed by atoms with van der Waals surface area (Å²) in [5.74, 6) is -1.52. The number of nitrogens with one attached hydrogen (secondary N) is 1. The number of hydrogen-bond acceptors (Lipinski definition) is 4. The van der Waals surface area contributed by atoms with Crippen LogP contribution in [0, 0.1) is 5.92 Å². The van der Waals surface area contributed by atoms with Crippen molar-refractivity contribution in [2.45, 2.75) is 26.8 Å². The summed E-state index contributed by atoms with van der Waals surface area (Å²) < 4.78 is 4.68. The summed E-state index contributed by atoms with van der Waals surface area (Å²) >= 11 is 0.